The van der Waals surface area contributed by atoms with Crippen molar-refractivity contribution in [2.75, 3.05) is 51.8 Å². The highest BCUT2D eigenvalue weighted by molar-refractivity contribution is 6.09. The van der Waals surface area contributed by atoms with Crippen molar-refractivity contribution in [3.63, 3.8) is 0 Å². The van der Waals surface area contributed by atoms with Crippen molar-refractivity contribution in [1.29, 1.82) is 5.41 Å². The number of hydrogen-bond acceptors (Lipinski definition) is 7. The lowest BCUT2D eigenvalue weighted by Gasteiger charge is -2.30. The maximum atomic E-state index is 12.7. The van der Waals surface area contributed by atoms with Gasteiger partial charge in [0.05, 0.1) is 11.2 Å². The van der Waals surface area contributed by atoms with Gasteiger partial charge >= 0.3 is 0 Å². The number of nitrogens with one attached hydrogen (secondary N) is 3. The molecule has 0 aromatic carbocycles. The maximum absolute atomic E-state index is 12.7. The van der Waals surface area contributed by atoms with Crippen LogP contribution in [0.3, 0.4) is 0 Å². The molecule has 3 aromatic heterocycles. The molecule has 7 nitrogen and oxygen atoms in total. The lowest BCUT2D eigenvalue weighted by atomic mass is 9.91. The van der Waals surface area contributed by atoms with E-state index in [1.54, 1.807) is 12.4 Å². The van der Waals surface area contributed by atoms with Gasteiger partial charge in [0.15, 0.2) is 0 Å². The van der Waals surface area contributed by atoms with E-state index in [1.165, 1.54) is 19.3 Å². The second-order valence-electron chi connectivity index (χ2n) is 10.6. The van der Waals surface area contributed by atoms with Gasteiger partial charge in [-0.2, -0.15) is 0 Å². The van der Waals surface area contributed by atoms with E-state index in [0.29, 0.717) is 13.1 Å². The molecule has 3 N–H and O–H groups in total. The van der Waals surface area contributed by atoms with Crippen LogP contribution < -0.4 is 10.6 Å². The van der Waals surface area contributed by atoms with Crippen molar-refractivity contribution >= 4 is 34.6 Å². The lowest BCUT2D eigenvalue weighted by molar-refractivity contribution is 0.265. The highest BCUT2D eigenvalue weighted by atomic mass is 19.1. The minimum atomic E-state index is -0.360. The van der Waals surface area contributed by atoms with Crippen LogP contribution in [0.1, 0.15) is 51.1 Å². The van der Waals surface area contributed by atoms with Gasteiger partial charge in [-0.1, -0.05) is 33.4 Å². The van der Waals surface area contributed by atoms with Crippen LogP contribution in [0.5, 0.6) is 0 Å². The number of rotatable bonds is 11. The van der Waals surface area contributed by atoms with Crippen LogP contribution in [0.15, 0.2) is 54.9 Å². The Bertz CT molecular complexity index is 1260. The average Bonchev–Trinajstić information content (AvgIpc) is 2.92. The van der Waals surface area contributed by atoms with Gasteiger partial charge < -0.3 is 16.0 Å². The predicted molar refractivity (Wildman–Crippen MR) is 173 cm³/mol. The number of aryl methyl sites for hydroxylation is 1. The first-order chi connectivity index (χ1) is 19.8. The molecule has 4 rings (SSSR count). The predicted octanol–water partition coefficient (Wildman–Crippen LogP) is 6.67. The van der Waals surface area contributed by atoms with Gasteiger partial charge in [-0.3, -0.25) is 9.88 Å². The number of alkyl halides is 1. The van der Waals surface area contributed by atoms with Gasteiger partial charge in [0.2, 0.25) is 0 Å². The SMILES string of the molecule is C=Cc1ccnc(C)c1.CC(C)C1CNC1.CCCN(CCF)C/C(C)=C(/C=N)c1ccc2cnc(NC)cc2n1. The summed E-state index contributed by atoms with van der Waals surface area (Å²) in [6.07, 6.45) is 7.69. The minimum absolute atomic E-state index is 0.360. The van der Waals surface area contributed by atoms with Crippen LogP contribution in [-0.4, -0.2) is 72.5 Å². The number of halogens is 1. The summed E-state index contributed by atoms with van der Waals surface area (Å²) >= 11 is 0. The quantitative estimate of drug-likeness (QED) is 0.227. The smallest absolute Gasteiger partial charge is 0.127 e. The molecule has 0 radical (unpaired) electrons. The Morgan fingerprint density at radius 1 is 1.22 bits per heavy atom. The van der Waals surface area contributed by atoms with Gasteiger partial charge in [-0.05, 0) is 87.1 Å². The summed E-state index contributed by atoms with van der Waals surface area (Å²) in [7, 11) is 1.82. The third-order valence-electron chi connectivity index (χ3n) is 7.02. The number of hydrogen-bond donors (Lipinski definition) is 3. The maximum Gasteiger partial charge on any atom is 0.127 e. The summed E-state index contributed by atoms with van der Waals surface area (Å²) in [5.41, 5.74) is 5.55. The Labute approximate surface area is 245 Å². The second-order valence-corrected chi connectivity index (χ2v) is 10.6. The van der Waals surface area contributed by atoms with Crippen LogP contribution >= 0.6 is 0 Å². The molecule has 41 heavy (non-hydrogen) atoms. The Hall–Kier alpha value is -3.49. The van der Waals surface area contributed by atoms with E-state index in [2.05, 4.69) is 52.9 Å². The standard InChI is InChI=1S/C19H26FN5.C8H9N.C6H13N/c1-4-8-25(9-7-20)13-14(2)16(11-21)17-6-5-15-12-23-19(22-3)10-18(15)24-17;1-3-8-4-5-9-7(2)6-8;1-5(2)6-3-7-4-6/h5-6,10-12,21H,4,7-9,13H2,1-3H3,(H,22,23);3-6H,1H2,2H3;5-7H,3-4H2,1-2H3/b16-14-,21-11?;;. The van der Waals surface area contributed by atoms with Crippen LogP contribution in [0.25, 0.3) is 22.6 Å². The number of aromatic nitrogens is 3. The molecule has 222 valence electrons. The topological polar surface area (TPSA) is 89.8 Å². The molecule has 1 saturated heterocycles. The summed E-state index contributed by atoms with van der Waals surface area (Å²) in [5.74, 6) is 2.62. The molecule has 0 saturated carbocycles. The van der Waals surface area contributed by atoms with Crippen LogP contribution in [0.4, 0.5) is 10.2 Å². The molecule has 1 aliphatic heterocycles. The van der Waals surface area contributed by atoms with Gasteiger partial charge in [0.25, 0.3) is 0 Å². The minimum Gasteiger partial charge on any atom is -0.373 e. The Balaban J connectivity index is 0.000000296. The largest absolute Gasteiger partial charge is 0.373 e. The Kier molecular flexibility index (Phi) is 14.8. The van der Waals surface area contributed by atoms with E-state index in [1.807, 2.05) is 57.3 Å². The Morgan fingerprint density at radius 3 is 2.46 bits per heavy atom. The zero-order valence-electron chi connectivity index (χ0n) is 25.7. The molecule has 1 aliphatic rings. The van der Waals surface area contributed by atoms with E-state index < -0.39 is 0 Å². The first-order valence-electron chi connectivity index (χ1n) is 14.4. The van der Waals surface area contributed by atoms with Crippen LogP contribution in [0, 0.1) is 24.2 Å². The molecule has 0 unspecified atom stereocenters. The molecule has 3 aromatic rings. The van der Waals surface area contributed by atoms with Crippen LogP contribution in [0.2, 0.25) is 0 Å². The third-order valence-corrected chi connectivity index (χ3v) is 7.02. The number of allylic oxidation sites excluding steroid dienone is 1. The molecule has 0 spiro atoms. The van der Waals surface area contributed by atoms with Crippen molar-refractivity contribution in [3.8, 4) is 0 Å². The van der Waals surface area contributed by atoms with Crippen molar-refractivity contribution in [2.24, 2.45) is 11.8 Å². The first kappa shape index (κ1) is 33.7. The zero-order valence-corrected chi connectivity index (χ0v) is 25.7. The summed E-state index contributed by atoms with van der Waals surface area (Å²) < 4.78 is 12.7. The van der Waals surface area contributed by atoms with Gasteiger partial charge in [-0.15, -0.1) is 0 Å². The second kappa shape index (κ2) is 18.0. The van der Waals surface area contributed by atoms with Crippen molar-refractivity contribution < 1.29 is 4.39 Å². The molecular formula is C33H48FN7. The number of nitrogens with zero attached hydrogens (tertiary/aromatic N) is 4. The monoisotopic (exact) mass is 561 g/mol. The molecule has 0 bridgehead atoms. The summed E-state index contributed by atoms with van der Waals surface area (Å²) in [5, 5.41) is 15.0. The number of fused-ring (bicyclic) bond motifs is 1. The highest BCUT2D eigenvalue weighted by Crippen LogP contribution is 2.21. The fraction of sp³-hybridized carbons (Fsp3) is 0.455. The Morgan fingerprint density at radius 2 is 1.98 bits per heavy atom. The van der Waals surface area contributed by atoms with Crippen molar-refractivity contribution in [3.05, 3.63) is 71.8 Å². The van der Waals surface area contributed by atoms with E-state index in [-0.39, 0.29) is 6.67 Å². The van der Waals surface area contributed by atoms with Gasteiger partial charge in [0.1, 0.15) is 12.5 Å². The zero-order chi connectivity index (χ0) is 30.2. The fourth-order valence-corrected chi connectivity index (χ4v) is 4.32. The molecule has 0 atom stereocenters. The number of pyridine rings is 3. The van der Waals surface area contributed by atoms with E-state index in [0.717, 1.165) is 69.6 Å². The number of anilines is 1. The summed E-state index contributed by atoms with van der Waals surface area (Å²) in [4.78, 5) is 15.1. The first-order valence-corrected chi connectivity index (χ1v) is 14.4. The molecule has 1 fully saturated rings. The summed E-state index contributed by atoms with van der Waals surface area (Å²) in [6, 6.07) is 9.69. The lowest BCUT2D eigenvalue weighted by Crippen LogP contribution is -2.44. The van der Waals surface area contributed by atoms with E-state index in [9.17, 15) is 4.39 Å². The van der Waals surface area contributed by atoms with Crippen molar-refractivity contribution in [1.82, 2.24) is 25.2 Å². The highest BCUT2D eigenvalue weighted by Gasteiger charge is 2.19. The molecule has 0 amide bonds. The van der Waals surface area contributed by atoms with Crippen molar-refractivity contribution in [2.45, 2.75) is 41.0 Å². The van der Waals surface area contributed by atoms with Crippen LogP contribution in [-0.2, 0) is 0 Å². The normalized spacial score (nSPS) is 13.4. The molecule has 4 heterocycles. The molecule has 0 aliphatic carbocycles. The van der Waals surface area contributed by atoms with Gasteiger partial charge in [0, 0.05) is 61.5 Å². The molecule has 8 heteroatoms. The van der Waals surface area contributed by atoms with Gasteiger partial charge in [-0.25, -0.2) is 14.4 Å². The molecular weight excluding hydrogens is 513 g/mol. The average molecular weight is 562 g/mol. The van der Waals surface area contributed by atoms with E-state index in [4.69, 9.17) is 10.4 Å². The summed E-state index contributed by atoms with van der Waals surface area (Å²) in [6.45, 7) is 18.3. The fourth-order valence-electron chi connectivity index (χ4n) is 4.32. The third kappa shape index (κ3) is 11.1. The van der Waals surface area contributed by atoms with E-state index >= 15 is 0 Å².